The van der Waals surface area contributed by atoms with Crippen LogP contribution in [0.25, 0.3) is 0 Å². The Morgan fingerprint density at radius 3 is 2.68 bits per heavy atom. The van der Waals surface area contributed by atoms with Crippen LogP contribution in [0.1, 0.15) is 23.1 Å². The number of fused-ring (bicyclic) bond motifs is 4. The first kappa shape index (κ1) is 16.9. The maximum Gasteiger partial charge on any atom is 0.240 e. The number of hydrogen-bond acceptors (Lipinski definition) is 3. The molecule has 1 unspecified atom stereocenters. The van der Waals surface area contributed by atoms with Crippen molar-refractivity contribution >= 4 is 34.9 Å². The maximum atomic E-state index is 14.0. The summed E-state index contributed by atoms with van der Waals surface area (Å²) in [6.07, 6.45) is 1.47. The highest BCUT2D eigenvalue weighted by molar-refractivity contribution is 6.30. The van der Waals surface area contributed by atoms with E-state index in [0.29, 0.717) is 34.2 Å². The second-order valence-electron chi connectivity index (χ2n) is 6.97. The molecule has 2 aliphatic rings. The maximum absolute atomic E-state index is 14.0. The SMILES string of the molecule is O=C1CC2(C(=O)Nc3ccc(F)cc32)c2cnn(Cc3ccc(Cl)cc3)c2N1. The van der Waals surface area contributed by atoms with E-state index in [0.717, 1.165) is 5.56 Å². The minimum atomic E-state index is -1.28. The lowest BCUT2D eigenvalue weighted by Crippen LogP contribution is -2.43. The molecule has 2 N–H and O–H groups in total. The van der Waals surface area contributed by atoms with Crippen LogP contribution in [-0.2, 0) is 21.5 Å². The van der Waals surface area contributed by atoms with Gasteiger partial charge in [0, 0.05) is 22.7 Å². The number of hydrogen-bond donors (Lipinski definition) is 2. The van der Waals surface area contributed by atoms with Gasteiger partial charge in [0.2, 0.25) is 11.8 Å². The van der Waals surface area contributed by atoms with Gasteiger partial charge in [0.15, 0.2) is 0 Å². The van der Waals surface area contributed by atoms with E-state index in [-0.39, 0.29) is 18.2 Å². The van der Waals surface area contributed by atoms with Crippen LogP contribution in [0, 0.1) is 5.82 Å². The van der Waals surface area contributed by atoms with Gasteiger partial charge in [-0.15, -0.1) is 0 Å². The molecule has 1 spiro atoms. The minimum Gasteiger partial charge on any atom is -0.325 e. The molecule has 28 heavy (non-hydrogen) atoms. The Balaban J connectivity index is 1.65. The normalized spacial score (nSPS) is 19.9. The molecule has 6 nitrogen and oxygen atoms in total. The summed E-state index contributed by atoms with van der Waals surface area (Å²) in [5, 5.41) is 10.6. The summed E-state index contributed by atoms with van der Waals surface area (Å²) in [5.74, 6) is -0.693. The van der Waals surface area contributed by atoms with Crippen molar-refractivity contribution in [3.05, 3.63) is 76.2 Å². The van der Waals surface area contributed by atoms with Gasteiger partial charge in [0.1, 0.15) is 17.1 Å². The van der Waals surface area contributed by atoms with Crippen LogP contribution in [0.3, 0.4) is 0 Å². The van der Waals surface area contributed by atoms with Gasteiger partial charge in [0.25, 0.3) is 0 Å². The Hall–Kier alpha value is -3.19. The fraction of sp³-hybridized carbons (Fsp3) is 0.150. The number of rotatable bonds is 2. The monoisotopic (exact) mass is 396 g/mol. The smallest absolute Gasteiger partial charge is 0.240 e. The van der Waals surface area contributed by atoms with Crippen molar-refractivity contribution in [1.29, 1.82) is 0 Å². The van der Waals surface area contributed by atoms with Gasteiger partial charge in [-0.05, 0) is 41.5 Å². The Bertz CT molecular complexity index is 1140. The molecule has 1 aromatic heterocycles. The summed E-state index contributed by atoms with van der Waals surface area (Å²) >= 11 is 5.93. The Labute approximate surface area is 164 Å². The van der Waals surface area contributed by atoms with Crippen molar-refractivity contribution < 1.29 is 14.0 Å². The van der Waals surface area contributed by atoms with Crippen molar-refractivity contribution in [2.45, 2.75) is 18.4 Å². The summed E-state index contributed by atoms with van der Waals surface area (Å²) in [5.41, 5.74) is 1.18. The van der Waals surface area contributed by atoms with E-state index in [9.17, 15) is 14.0 Å². The predicted molar refractivity (Wildman–Crippen MR) is 102 cm³/mol. The molecule has 0 saturated carbocycles. The van der Waals surface area contributed by atoms with Crippen LogP contribution >= 0.6 is 11.6 Å². The molecule has 0 fully saturated rings. The highest BCUT2D eigenvalue weighted by atomic mass is 35.5. The van der Waals surface area contributed by atoms with Crippen molar-refractivity contribution in [1.82, 2.24) is 9.78 Å². The second-order valence-corrected chi connectivity index (χ2v) is 7.40. The number of carbonyl (C=O) groups excluding carboxylic acids is 2. The number of benzene rings is 2. The average molecular weight is 397 g/mol. The number of carbonyl (C=O) groups is 2. The van der Waals surface area contributed by atoms with Gasteiger partial charge < -0.3 is 10.6 Å². The first-order valence-electron chi connectivity index (χ1n) is 8.69. The zero-order valence-electron chi connectivity index (χ0n) is 14.5. The molecule has 0 saturated heterocycles. The van der Waals surface area contributed by atoms with Crippen LogP contribution in [0.4, 0.5) is 15.9 Å². The zero-order chi connectivity index (χ0) is 19.5. The molecular formula is C20H14ClFN4O2. The molecule has 3 heterocycles. The van der Waals surface area contributed by atoms with Gasteiger partial charge in [0.05, 0.1) is 12.7 Å². The summed E-state index contributed by atoms with van der Waals surface area (Å²) in [6, 6.07) is 11.4. The third kappa shape index (κ3) is 2.36. The average Bonchev–Trinajstić information content (AvgIpc) is 3.18. The van der Waals surface area contributed by atoms with Gasteiger partial charge in [-0.1, -0.05) is 23.7 Å². The van der Waals surface area contributed by atoms with Crippen LogP contribution in [0.5, 0.6) is 0 Å². The van der Waals surface area contributed by atoms with E-state index in [1.807, 2.05) is 12.1 Å². The summed E-state index contributed by atoms with van der Waals surface area (Å²) in [6.45, 7) is 0.389. The van der Waals surface area contributed by atoms with Crippen molar-refractivity contribution in [2.75, 3.05) is 10.6 Å². The van der Waals surface area contributed by atoms with Crippen molar-refractivity contribution in [3.8, 4) is 0 Å². The molecule has 8 heteroatoms. The molecule has 0 aliphatic carbocycles. The molecule has 0 radical (unpaired) electrons. The Morgan fingerprint density at radius 1 is 1.11 bits per heavy atom. The number of halogens is 2. The van der Waals surface area contributed by atoms with E-state index in [1.165, 1.54) is 18.2 Å². The van der Waals surface area contributed by atoms with E-state index in [1.54, 1.807) is 23.0 Å². The van der Waals surface area contributed by atoms with Crippen LogP contribution < -0.4 is 10.6 Å². The number of aromatic nitrogens is 2. The summed E-state index contributed by atoms with van der Waals surface area (Å²) in [7, 11) is 0. The van der Waals surface area contributed by atoms with Gasteiger partial charge >= 0.3 is 0 Å². The Morgan fingerprint density at radius 2 is 1.89 bits per heavy atom. The van der Waals surface area contributed by atoms with Crippen LogP contribution in [0.2, 0.25) is 5.02 Å². The standard InChI is InChI=1S/C20H14ClFN4O2/c21-12-3-1-11(2-4-12)10-26-18-15(9-23-26)20(8-17(27)25-18)14-7-13(22)5-6-16(14)24-19(20)28/h1-7,9H,8,10H2,(H,24,28)(H,25,27). The second kappa shape index (κ2) is 5.90. The summed E-state index contributed by atoms with van der Waals surface area (Å²) < 4.78 is 15.6. The zero-order valence-corrected chi connectivity index (χ0v) is 15.3. The highest BCUT2D eigenvalue weighted by Gasteiger charge is 2.54. The topological polar surface area (TPSA) is 76.0 Å². The predicted octanol–water partition coefficient (Wildman–Crippen LogP) is 3.30. The number of nitrogens with one attached hydrogen (secondary N) is 2. The highest BCUT2D eigenvalue weighted by Crippen LogP contribution is 2.49. The Kier molecular flexibility index (Phi) is 3.57. The fourth-order valence-electron chi connectivity index (χ4n) is 4.00. The van der Waals surface area contributed by atoms with Crippen LogP contribution in [-0.4, -0.2) is 21.6 Å². The third-order valence-corrected chi connectivity index (χ3v) is 5.56. The van der Waals surface area contributed by atoms with Crippen molar-refractivity contribution in [2.24, 2.45) is 0 Å². The van der Waals surface area contributed by atoms with Gasteiger partial charge in [-0.3, -0.25) is 9.59 Å². The quantitative estimate of drug-likeness (QED) is 0.697. The molecule has 3 aromatic rings. The van der Waals surface area contributed by atoms with E-state index < -0.39 is 11.2 Å². The first-order chi connectivity index (χ1) is 13.5. The molecular weight excluding hydrogens is 383 g/mol. The number of nitrogens with zero attached hydrogens (tertiary/aromatic N) is 2. The molecule has 2 aromatic carbocycles. The fourth-order valence-corrected chi connectivity index (χ4v) is 4.12. The molecule has 5 rings (SSSR count). The van der Waals surface area contributed by atoms with Gasteiger partial charge in [-0.25, -0.2) is 9.07 Å². The minimum absolute atomic E-state index is 0.102. The number of anilines is 2. The lowest BCUT2D eigenvalue weighted by atomic mass is 9.72. The molecule has 2 aliphatic heterocycles. The van der Waals surface area contributed by atoms with Crippen molar-refractivity contribution in [3.63, 3.8) is 0 Å². The lowest BCUT2D eigenvalue weighted by Gasteiger charge is -2.31. The number of amides is 2. The molecule has 140 valence electrons. The van der Waals surface area contributed by atoms with Crippen LogP contribution in [0.15, 0.2) is 48.7 Å². The lowest BCUT2D eigenvalue weighted by molar-refractivity contribution is -0.125. The summed E-state index contributed by atoms with van der Waals surface area (Å²) in [4.78, 5) is 25.5. The van der Waals surface area contributed by atoms with E-state index in [4.69, 9.17) is 11.6 Å². The molecule has 0 bridgehead atoms. The first-order valence-corrected chi connectivity index (χ1v) is 9.07. The molecule has 1 atom stereocenters. The van der Waals surface area contributed by atoms with Gasteiger partial charge in [-0.2, -0.15) is 5.10 Å². The largest absolute Gasteiger partial charge is 0.325 e. The van der Waals surface area contributed by atoms with E-state index in [2.05, 4.69) is 15.7 Å². The third-order valence-electron chi connectivity index (χ3n) is 5.31. The van der Waals surface area contributed by atoms with E-state index >= 15 is 0 Å². The molecule has 2 amide bonds.